The van der Waals surface area contributed by atoms with E-state index in [2.05, 4.69) is 5.32 Å². The molecule has 0 radical (unpaired) electrons. The molecule has 1 aliphatic heterocycles. The molecule has 3 aromatic carbocycles. The second kappa shape index (κ2) is 10.9. The summed E-state index contributed by atoms with van der Waals surface area (Å²) in [5, 5.41) is 4.88. The molecule has 1 amide bonds. The summed E-state index contributed by atoms with van der Waals surface area (Å²) in [7, 11) is -3.57. The molecule has 6 nitrogen and oxygen atoms in total. The number of benzene rings is 3. The Bertz CT molecular complexity index is 1170. The maximum absolute atomic E-state index is 13.1. The van der Waals surface area contributed by atoms with E-state index in [0.717, 1.165) is 22.8 Å². The predicted molar refractivity (Wildman–Crippen MR) is 129 cm³/mol. The van der Waals surface area contributed by atoms with Crippen molar-refractivity contribution in [2.45, 2.75) is 30.8 Å². The van der Waals surface area contributed by atoms with Crippen molar-refractivity contribution in [1.82, 2.24) is 9.62 Å². The molecule has 1 fully saturated rings. The monoisotopic (exact) mass is 466 g/mol. The van der Waals surface area contributed by atoms with E-state index >= 15 is 0 Å². The van der Waals surface area contributed by atoms with Gasteiger partial charge in [-0.25, -0.2) is 8.42 Å². The van der Waals surface area contributed by atoms with E-state index in [4.69, 9.17) is 4.74 Å². The van der Waals surface area contributed by atoms with Crippen LogP contribution in [0.15, 0.2) is 77.7 Å². The minimum atomic E-state index is -3.57. The Morgan fingerprint density at radius 3 is 2.39 bits per heavy atom. The van der Waals surface area contributed by atoms with E-state index in [9.17, 15) is 13.2 Å². The number of carbonyl (C=O) groups is 1. The normalized spacial score (nSPS) is 15.5. The van der Waals surface area contributed by atoms with Gasteiger partial charge in [0.05, 0.1) is 11.5 Å². The summed E-state index contributed by atoms with van der Waals surface area (Å²) in [6, 6.07) is 22.9. The second-order valence-corrected chi connectivity index (χ2v) is 10.3. The number of nitrogens with one attached hydrogen (secondary N) is 1. The molecule has 1 N–H and O–H groups in total. The molecule has 0 saturated carbocycles. The third-order valence-corrected chi connectivity index (χ3v) is 7.95. The zero-order valence-electron chi connectivity index (χ0n) is 18.7. The lowest BCUT2D eigenvalue weighted by Gasteiger charge is -2.30. The van der Waals surface area contributed by atoms with Gasteiger partial charge in [-0.2, -0.15) is 4.31 Å². The van der Waals surface area contributed by atoms with Crippen molar-refractivity contribution in [3.63, 3.8) is 0 Å². The van der Waals surface area contributed by atoms with Crippen LogP contribution < -0.4 is 5.32 Å². The highest BCUT2D eigenvalue weighted by molar-refractivity contribution is 7.89. The van der Waals surface area contributed by atoms with E-state index in [-0.39, 0.29) is 11.8 Å². The van der Waals surface area contributed by atoms with Gasteiger partial charge in [-0.1, -0.05) is 60.7 Å². The summed E-state index contributed by atoms with van der Waals surface area (Å²) in [5.74, 6) is -0.154. The Kier molecular flexibility index (Phi) is 7.75. The third-order valence-electron chi connectivity index (χ3n) is 6.06. The summed E-state index contributed by atoms with van der Waals surface area (Å²) in [5.41, 5.74) is 1.13. The average Bonchev–Trinajstić information content (AvgIpc) is 2.86. The van der Waals surface area contributed by atoms with Gasteiger partial charge < -0.3 is 10.1 Å². The number of carbonyl (C=O) groups excluding carboxylic acids is 1. The van der Waals surface area contributed by atoms with Crippen LogP contribution in [0.25, 0.3) is 10.8 Å². The van der Waals surface area contributed by atoms with E-state index in [1.54, 1.807) is 12.1 Å². The van der Waals surface area contributed by atoms with Crippen LogP contribution in [0.4, 0.5) is 0 Å². The van der Waals surface area contributed by atoms with Crippen molar-refractivity contribution in [1.29, 1.82) is 0 Å². The Hall–Kier alpha value is -2.74. The molecule has 0 aromatic heterocycles. The fraction of sp³-hybridized carbons (Fsp3) is 0.346. The quantitative estimate of drug-likeness (QED) is 0.484. The Morgan fingerprint density at radius 2 is 1.64 bits per heavy atom. The molecule has 0 spiro atoms. The predicted octanol–water partition coefficient (Wildman–Crippen LogP) is 3.96. The molecular formula is C26H30N2O4S. The van der Waals surface area contributed by atoms with Gasteiger partial charge in [-0.3, -0.25) is 4.79 Å². The average molecular weight is 467 g/mol. The highest BCUT2D eigenvalue weighted by Crippen LogP contribution is 2.26. The highest BCUT2D eigenvalue weighted by atomic mass is 32.2. The van der Waals surface area contributed by atoms with Crippen LogP contribution in [0.5, 0.6) is 0 Å². The third kappa shape index (κ3) is 5.99. The molecule has 0 bridgehead atoms. The summed E-state index contributed by atoms with van der Waals surface area (Å²) in [4.78, 5) is 12.8. The van der Waals surface area contributed by atoms with Gasteiger partial charge in [0.25, 0.3) is 0 Å². The number of amides is 1. The minimum Gasteiger partial charge on any atom is -0.377 e. The largest absolute Gasteiger partial charge is 0.377 e. The van der Waals surface area contributed by atoms with Crippen molar-refractivity contribution in [3.05, 3.63) is 78.4 Å². The number of fused-ring (bicyclic) bond motifs is 1. The minimum absolute atomic E-state index is 0.000752. The van der Waals surface area contributed by atoms with Gasteiger partial charge in [0.1, 0.15) is 0 Å². The first-order valence-corrected chi connectivity index (χ1v) is 12.9. The van der Waals surface area contributed by atoms with Crippen molar-refractivity contribution in [3.8, 4) is 0 Å². The second-order valence-electron chi connectivity index (χ2n) is 8.37. The van der Waals surface area contributed by atoms with E-state index in [0.29, 0.717) is 50.6 Å². The van der Waals surface area contributed by atoms with Crippen LogP contribution in [-0.4, -0.2) is 44.9 Å². The van der Waals surface area contributed by atoms with Gasteiger partial charge in [-0.15, -0.1) is 0 Å². The molecule has 0 unspecified atom stereocenters. The fourth-order valence-electron chi connectivity index (χ4n) is 4.13. The van der Waals surface area contributed by atoms with E-state index < -0.39 is 10.0 Å². The molecule has 1 aliphatic rings. The number of ether oxygens (including phenoxy) is 1. The number of sulfonamides is 1. The number of hydrogen-bond acceptors (Lipinski definition) is 4. The summed E-state index contributed by atoms with van der Waals surface area (Å²) >= 11 is 0. The van der Waals surface area contributed by atoms with E-state index in [1.807, 2.05) is 60.7 Å². The maximum Gasteiger partial charge on any atom is 0.243 e. The van der Waals surface area contributed by atoms with Crippen molar-refractivity contribution in [2.24, 2.45) is 5.92 Å². The standard InChI is InChI=1S/C26H30N2O4S/c29-26(27-15-6-18-32-20-21-7-2-1-3-8-21)23-13-16-28(17-14-23)33(30,31)25-12-11-22-9-4-5-10-24(22)19-25/h1-5,7-12,19,23H,6,13-18,20H2,(H,27,29). The molecule has 7 heteroatoms. The number of nitrogens with zero attached hydrogens (tertiary/aromatic N) is 1. The molecule has 174 valence electrons. The van der Waals surface area contributed by atoms with Crippen LogP contribution in [0.3, 0.4) is 0 Å². The fourth-order valence-corrected chi connectivity index (χ4v) is 5.64. The van der Waals surface area contributed by atoms with Crippen LogP contribution in [0.2, 0.25) is 0 Å². The topological polar surface area (TPSA) is 75.7 Å². The van der Waals surface area contributed by atoms with Crippen molar-refractivity contribution >= 4 is 26.7 Å². The smallest absolute Gasteiger partial charge is 0.243 e. The Labute approximate surface area is 195 Å². The molecule has 0 atom stereocenters. The van der Waals surface area contributed by atoms with Crippen LogP contribution in [0, 0.1) is 5.92 Å². The molecule has 4 rings (SSSR count). The summed E-state index contributed by atoms with van der Waals surface area (Å²) < 4.78 is 33.3. The lowest BCUT2D eigenvalue weighted by Crippen LogP contribution is -2.43. The van der Waals surface area contributed by atoms with E-state index in [1.165, 1.54) is 4.31 Å². The lowest BCUT2D eigenvalue weighted by molar-refractivity contribution is -0.126. The maximum atomic E-state index is 13.1. The van der Waals surface area contributed by atoms with Gasteiger partial charge in [-0.05, 0) is 47.7 Å². The van der Waals surface area contributed by atoms with Crippen LogP contribution >= 0.6 is 0 Å². The van der Waals surface area contributed by atoms with Gasteiger partial charge in [0.2, 0.25) is 15.9 Å². The van der Waals surface area contributed by atoms with Crippen molar-refractivity contribution < 1.29 is 17.9 Å². The lowest BCUT2D eigenvalue weighted by atomic mass is 9.97. The number of piperidine rings is 1. The van der Waals surface area contributed by atoms with Gasteiger partial charge >= 0.3 is 0 Å². The molecule has 1 saturated heterocycles. The van der Waals surface area contributed by atoms with Gasteiger partial charge in [0.15, 0.2) is 0 Å². The first-order chi connectivity index (χ1) is 16.0. The summed E-state index contributed by atoms with van der Waals surface area (Å²) in [6.07, 6.45) is 1.81. The van der Waals surface area contributed by atoms with Gasteiger partial charge in [0, 0.05) is 32.2 Å². The molecular weight excluding hydrogens is 436 g/mol. The zero-order valence-corrected chi connectivity index (χ0v) is 19.5. The SMILES string of the molecule is O=C(NCCCOCc1ccccc1)C1CCN(S(=O)(=O)c2ccc3ccccc3c2)CC1. The van der Waals surface area contributed by atoms with Crippen LogP contribution in [0.1, 0.15) is 24.8 Å². The Morgan fingerprint density at radius 1 is 0.939 bits per heavy atom. The van der Waals surface area contributed by atoms with Crippen LogP contribution in [-0.2, 0) is 26.2 Å². The van der Waals surface area contributed by atoms with Crippen molar-refractivity contribution in [2.75, 3.05) is 26.2 Å². The molecule has 3 aromatic rings. The highest BCUT2D eigenvalue weighted by Gasteiger charge is 2.32. The first kappa shape index (κ1) is 23.4. The molecule has 1 heterocycles. The summed E-state index contributed by atoms with van der Waals surface area (Å²) in [6.45, 7) is 2.42. The molecule has 33 heavy (non-hydrogen) atoms. The molecule has 0 aliphatic carbocycles. The number of rotatable bonds is 9. The Balaban J connectivity index is 1.20. The number of hydrogen-bond donors (Lipinski definition) is 1. The first-order valence-electron chi connectivity index (χ1n) is 11.4. The zero-order chi connectivity index (χ0) is 23.1.